The molecule has 178 valence electrons. The molecule has 3 rings (SSSR count). The Morgan fingerprint density at radius 2 is 1.82 bits per heavy atom. The van der Waals surface area contributed by atoms with E-state index in [4.69, 9.17) is 4.42 Å². The third-order valence-electron chi connectivity index (χ3n) is 5.22. The first-order valence-corrected chi connectivity index (χ1v) is 11.9. The lowest BCUT2D eigenvalue weighted by molar-refractivity contribution is 0.102. The fourth-order valence-electron chi connectivity index (χ4n) is 3.40. The summed E-state index contributed by atoms with van der Waals surface area (Å²) in [6.45, 7) is 4.88. The summed E-state index contributed by atoms with van der Waals surface area (Å²) in [4.78, 5) is 26.7. The smallest absolute Gasteiger partial charge is 0.408 e. The van der Waals surface area contributed by atoms with Crippen LogP contribution < -0.4 is 11.1 Å². The minimum Gasteiger partial charge on any atom is -0.408 e. The van der Waals surface area contributed by atoms with Crippen molar-refractivity contribution >= 4 is 32.7 Å². The molecule has 0 unspecified atom stereocenters. The molecule has 0 fully saturated rings. The molecule has 33 heavy (non-hydrogen) atoms. The van der Waals surface area contributed by atoms with Crippen LogP contribution in [0.3, 0.4) is 0 Å². The molecule has 0 aliphatic carbocycles. The van der Waals surface area contributed by atoms with Gasteiger partial charge < -0.3 is 14.6 Å². The van der Waals surface area contributed by atoms with Crippen molar-refractivity contribution in [1.29, 1.82) is 0 Å². The number of carbonyl (C=O) groups excluding carboxylic acids is 1. The minimum atomic E-state index is -3.86. The van der Waals surface area contributed by atoms with Crippen molar-refractivity contribution in [2.24, 2.45) is 0 Å². The quantitative estimate of drug-likeness (QED) is 0.507. The minimum absolute atomic E-state index is 0.166. The molecule has 2 aromatic carbocycles. The first kappa shape index (κ1) is 24.6. The van der Waals surface area contributed by atoms with Gasteiger partial charge in [0.05, 0.1) is 16.0 Å². The van der Waals surface area contributed by atoms with Gasteiger partial charge in [-0.25, -0.2) is 17.6 Å². The topological polar surface area (TPSA) is 105 Å². The van der Waals surface area contributed by atoms with Crippen LogP contribution in [-0.4, -0.2) is 61.8 Å². The van der Waals surface area contributed by atoms with Gasteiger partial charge in [-0.2, -0.15) is 4.31 Å². The highest BCUT2D eigenvalue weighted by atomic mass is 32.2. The van der Waals surface area contributed by atoms with Gasteiger partial charge in [0.25, 0.3) is 5.91 Å². The van der Waals surface area contributed by atoms with Gasteiger partial charge in [-0.15, -0.1) is 0 Å². The number of hydrogen-bond donors (Lipinski definition) is 1. The number of carbonyl (C=O) groups is 1. The molecular formula is C22H27FN4O5S. The molecule has 9 nitrogen and oxygen atoms in total. The average Bonchev–Trinajstić information content (AvgIpc) is 3.07. The highest BCUT2D eigenvalue weighted by Crippen LogP contribution is 2.22. The van der Waals surface area contributed by atoms with Gasteiger partial charge in [-0.05, 0) is 50.5 Å². The summed E-state index contributed by atoms with van der Waals surface area (Å²) in [5, 5.41) is 2.57. The van der Waals surface area contributed by atoms with Crippen LogP contribution in [0, 0.1) is 5.82 Å². The molecule has 0 bridgehead atoms. The lowest BCUT2D eigenvalue weighted by atomic mass is 10.2. The highest BCUT2D eigenvalue weighted by molar-refractivity contribution is 7.89. The van der Waals surface area contributed by atoms with E-state index in [1.165, 1.54) is 21.0 Å². The number of aromatic nitrogens is 1. The first-order chi connectivity index (χ1) is 15.6. The molecule has 0 saturated heterocycles. The van der Waals surface area contributed by atoms with Gasteiger partial charge in [-0.1, -0.05) is 13.8 Å². The van der Waals surface area contributed by atoms with Gasteiger partial charge in [0.2, 0.25) is 10.0 Å². The van der Waals surface area contributed by atoms with Crippen molar-refractivity contribution < 1.29 is 22.0 Å². The standard InChI is InChI=1S/C22H27FN4O5S/c1-5-26(6-2)33(30,31)16-8-9-18(23)17(14-16)21(28)24-15-7-10-20-19(13-15)27(22(29)32-20)12-11-25(3)4/h7-10,13-14H,5-6,11-12H2,1-4H3,(H,24,28). The van der Waals surface area contributed by atoms with E-state index in [0.717, 1.165) is 18.2 Å². The van der Waals surface area contributed by atoms with Crippen LogP contribution in [0.1, 0.15) is 24.2 Å². The fourth-order valence-corrected chi connectivity index (χ4v) is 4.89. The van der Waals surface area contributed by atoms with Crippen molar-refractivity contribution in [3.8, 4) is 0 Å². The van der Waals surface area contributed by atoms with E-state index in [1.807, 2.05) is 19.0 Å². The van der Waals surface area contributed by atoms with Crippen LogP contribution in [0.25, 0.3) is 11.1 Å². The maximum absolute atomic E-state index is 14.4. The Labute approximate surface area is 191 Å². The van der Waals surface area contributed by atoms with Crippen molar-refractivity contribution in [2.75, 3.05) is 39.0 Å². The van der Waals surface area contributed by atoms with Gasteiger partial charge in [0.1, 0.15) is 5.82 Å². The lowest BCUT2D eigenvalue weighted by Crippen LogP contribution is -2.31. The van der Waals surface area contributed by atoms with E-state index in [-0.39, 0.29) is 18.0 Å². The second-order valence-electron chi connectivity index (χ2n) is 7.69. The Morgan fingerprint density at radius 1 is 1.12 bits per heavy atom. The summed E-state index contributed by atoms with van der Waals surface area (Å²) in [6, 6.07) is 7.75. The number of anilines is 1. The van der Waals surface area contributed by atoms with Crippen LogP contribution in [0.2, 0.25) is 0 Å². The van der Waals surface area contributed by atoms with Crippen LogP contribution >= 0.6 is 0 Å². The third-order valence-corrected chi connectivity index (χ3v) is 7.27. The summed E-state index contributed by atoms with van der Waals surface area (Å²) in [7, 11) is -0.106. The second kappa shape index (κ2) is 9.86. The molecule has 0 radical (unpaired) electrons. The van der Waals surface area contributed by atoms with Crippen molar-refractivity contribution in [1.82, 2.24) is 13.8 Å². The number of hydrogen-bond acceptors (Lipinski definition) is 6. The molecular weight excluding hydrogens is 451 g/mol. The zero-order valence-electron chi connectivity index (χ0n) is 19.0. The molecule has 1 N–H and O–H groups in total. The number of nitrogens with zero attached hydrogens (tertiary/aromatic N) is 3. The van der Waals surface area contributed by atoms with Gasteiger partial charge in [-0.3, -0.25) is 9.36 Å². The Hall–Kier alpha value is -3.02. The number of halogens is 1. The number of sulfonamides is 1. The zero-order chi connectivity index (χ0) is 24.3. The van der Waals surface area contributed by atoms with Crippen LogP contribution in [0.15, 0.2) is 50.5 Å². The molecule has 1 heterocycles. The molecule has 1 aromatic heterocycles. The number of rotatable bonds is 9. The largest absolute Gasteiger partial charge is 0.419 e. The number of fused-ring (bicyclic) bond motifs is 1. The maximum atomic E-state index is 14.4. The predicted molar refractivity (Wildman–Crippen MR) is 123 cm³/mol. The molecule has 0 aliphatic heterocycles. The van der Waals surface area contributed by atoms with E-state index in [0.29, 0.717) is 29.9 Å². The van der Waals surface area contributed by atoms with E-state index >= 15 is 0 Å². The molecule has 11 heteroatoms. The maximum Gasteiger partial charge on any atom is 0.419 e. The SMILES string of the molecule is CCN(CC)S(=O)(=O)c1ccc(F)c(C(=O)Nc2ccc3oc(=O)n(CCN(C)C)c3c2)c1. The van der Waals surface area contributed by atoms with Gasteiger partial charge >= 0.3 is 5.76 Å². The van der Waals surface area contributed by atoms with Crippen molar-refractivity contribution in [3.63, 3.8) is 0 Å². The van der Waals surface area contributed by atoms with E-state index in [9.17, 15) is 22.4 Å². The summed E-state index contributed by atoms with van der Waals surface area (Å²) in [5.41, 5.74) is 0.747. The monoisotopic (exact) mass is 478 g/mol. The van der Waals surface area contributed by atoms with Crippen molar-refractivity contribution in [2.45, 2.75) is 25.3 Å². The number of likely N-dealkylation sites (N-methyl/N-ethyl adjacent to an activating group) is 1. The van der Waals surface area contributed by atoms with Crippen molar-refractivity contribution in [3.05, 3.63) is 58.3 Å². The zero-order valence-corrected chi connectivity index (χ0v) is 19.8. The Bertz CT molecular complexity index is 1330. The predicted octanol–water partition coefficient (Wildman–Crippen LogP) is 2.58. The Balaban J connectivity index is 1.92. The third kappa shape index (κ3) is 5.15. The normalized spacial score (nSPS) is 12.1. The van der Waals surface area contributed by atoms with Gasteiger partial charge in [0.15, 0.2) is 5.58 Å². The molecule has 0 spiro atoms. The lowest BCUT2D eigenvalue weighted by Gasteiger charge is -2.19. The molecule has 0 saturated carbocycles. The van der Waals surface area contributed by atoms with Gasteiger partial charge in [0, 0.05) is 31.9 Å². The summed E-state index contributed by atoms with van der Waals surface area (Å²) in [6.07, 6.45) is 0. The second-order valence-corrected chi connectivity index (χ2v) is 9.63. The van der Waals surface area contributed by atoms with E-state index in [2.05, 4.69) is 5.32 Å². The average molecular weight is 479 g/mol. The van der Waals surface area contributed by atoms with E-state index in [1.54, 1.807) is 19.9 Å². The molecule has 3 aromatic rings. The fraction of sp³-hybridized carbons (Fsp3) is 0.364. The number of oxazole rings is 1. The Morgan fingerprint density at radius 3 is 2.45 bits per heavy atom. The molecule has 1 amide bonds. The van der Waals surface area contributed by atoms with Crippen LogP contribution in [-0.2, 0) is 16.6 Å². The summed E-state index contributed by atoms with van der Waals surface area (Å²) in [5.74, 6) is -2.18. The highest BCUT2D eigenvalue weighted by Gasteiger charge is 2.24. The molecule has 0 atom stereocenters. The number of amides is 1. The Kier molecular flexibility index (Phi) is 7.35. The summed E-state index contributed by atoms with van der Waals surface area (Å²) >= 11 is 0. The molecule has 0 aliphatic rings. The van der Waals surface area contributed by atoms with Crippen LogP contribution in [0.4, 0.5) is 10.1 Å². The number of nitrogens with one attached hydrogen (secondary N) is 1. The first-order valence-electron chi connectivity index (χ1n) is 10.5. The van der Waals surface area contributed by atoms with Crippen LogP contribution in [0.5, 0.6) is 0 Å². The van der Waals surface area contributed by atoms with E-state index < -0.39 is 33.1 Å². The summed E-state index contributed by atoms with van der Waals surface area (Å²) < 4.78 is 47.9. The number of benzene rings is 2.